The minimum absolute atomic E-state index is 0.0510. The van der Waals surface area contributed by atoms with Crippen LogP contribution >= 0.6 is 0 Å². The Kier molecular flexibility index (Phi) is 7.21. The summed E-state index contributed by atoms with van der Waals surface area (Å²) in [5, 5.41) is 12.9. The van der Waals surface area contributed by atoms with Crippen LogP contribution in [-0.2, 0) is 16.0 Å². The third kappa shape index (κ3) is 5.55. The highest BCUT2D eigenvalue weighted by Crippen LogP contribution is 2.30. The Morgan fingerprint density at radius 1 is 0.857 bits per heavy atom. The SMILES string of the molecule is COC(=O)C(Cc1cccc(C(=N)N)c1)C(NC(=O)c1ccccc1)c1ccc2ccccc2c1. The first kappa shape index (κ1) is 23.7. The second kappa shape index (κ2) is 10.7. The number of hydrogen-bond acceptors (Lipinski definition) is 4. The Bertz CT molecular complexity index is 1370. The molecule has 0 aliphatic rings. The zero-order valence-corrected chi connectivity index (χ0v) is 19.4. The van der Waals surface area contributed by atoms with E-state index in [4.69, 9.17) is 15.9 Å². The Morgan fingerprint density at radius 3 is 2.26 bits per heavy atom. The molecule has 6 nitrogen and oxygen atoms in total. The monoisotopic (exact) mass is 465 g/mol. The standard InChI is InChI=1S/C29H27N3O3/c1-35-29(34)25(17-19-8-7-13-24(16-19)27(30)31)26(32-28(33)21-10-3-2-4-11-21)23-15-14-20-9-5-6-12-22(20)18-23/h2-16,18,25-26H,17H2,1H3,(H3,30,31)(H,32,33). The van der Waals surface area contributed by atoms with Crippen LogP contribution < -0.4 is 11.1 Å². The summed E-state index contributed by atoms with van der Waals surface area (Å²) in [6, 6.07) is 29.3. The third-order valence-corrected chi connectivity index (χ3v) is 6.06. The molecule has 0 aliphatic carbocycles. The van der Waals surface area contributed by atoms with E-state index in [1.165, 1.54) is 7.11 Å². The lowest BCUT2D eigenvalue weighted by Gasteiger charge is -2.27. The number of hydrogen-bond donors (Lipinski definition) is 3. The number of esters is 1. The Morgan fingerprint density at radius 2 is 1.54 bits per heavy atom. The van der Waals surface area contributed by atoms with E-state index >= 15 is 0 Å². The van der Waals surface area contributed by atoms with E-state index in [0.717, 1.165) is 21.9 Å². The summed E-state index contributed by atoms with van der Waals surface area (Å²) in [7, 11) is 1.35. The Labute approximate surface area is 204 Å². The van der Waals surface area contributed by atoms with Crippen molar-refractivity contribution in [1.82, 2.24) is 5.32 Å². The molecule has 0 bridgehead atoms. The summed E-state index contributed by atoms with van der Waals surface area (Å²) >= 11 is 0. The van der Waals surface area contributed by atoms with Gasteiger partial charge in [0, 0.05) is 11.1 Å². The molecule has 0 saturated heterocycles. The van der Waals surface area contributed by atoms with Gasteiger partial charge < -0.3 is 15.8 Å². The van der Waals surface area contributed by atoms with Gasteiger partial charge in [-0.25, -0.2) is 0 Å². The van der Waals surface area contributed by atoms with Crippen LogP contribution in [0.25, 0.3) is 10.8 Å². The number of nitrogens with two attached hydrogens (primary N) is 1. The fourth-order valence-electron chi connectivity index (χ4n) is 4.24. The Balaban J connectivity index is 1.77. The molecule has 4 aromatic rings. The summed E-state index contributed by atoms with van der Waals surface area (Å²) in [6.07, 6.45) is 0.292. The highest BCUT2D eigenvalue weighted by Gasteiger charge is 2.32. The van der Waals surface area contributed by atoms with Crippen molar-refractivity contribution >= 4 is 28.5 Å². The lowest BCUT2D eigenvalue weighted by molar-refractivity contribution is -0.146. The van der Waals surface area contributed by atoms with Crippen LogP contribution in [0.1, 0.15) is 33.1 Å². The molecule has 0 aromatic heterocycles. The van der Waals surface area contributed by atoms with E-state index < -0.39 is 17.9 Å². The number of ether oxygens (including phenoxy) is 1. The molecule has 6 heteroatoms. The van der Waals surface area contributed by atoms with Crippen molar-refractivity contribution in [1.29, 1.82) is 5.41 Å². The summed E-state index contributed by atoms with van der Waals surface area (Å²) < 4.78 is 5.18. The fraction of sp³-hybridized carbons (Fsp3) is 0.138. The number of nitrogen functional groups attached to an aromatic ring is 1. The molecule has 0 aliphatic heterocycles. The molecule has 4 rings (SSSR count). The predicted octanol–water partition coefficient (Wildman–Crippen LogP) is 4.63. The molecule has 0 saturated carbocycles. The minimum atomic E-state index is -0.712. The van der Waals surface area contributed by atoms with Crippen LogP contribution in [0.5, 0.6) is 0 Å². The molecule has 0 heterocycles. The lowest BCUT2D eigenvalue weighted by atomic mass is 9.86. The van der Waals surface area contributed by atoms with E-state index in [-0.39, 0.29) is 11.7 Å². The maximum atomic E-state index is 13.2. The van der Waals surface area contributed by atoms with Crippen molar-refractivity contribution in [3.63, 3.8) is 0 Å². The van der Waals surface area contributed by atoms with Crippen molar-refractivity contribution in [3.8, 4) is 0 Å². The van der Waals surface area contributed by atoms with Crippen LogP contribution in [0, 0.1) is 11.3 Å². The number of carbonyl (C=O) groups is 2. The molecule has 0 spiro atoms. The van der Waals surface area contributed by atoms with Gasteiger partial charge in [0.25, 0.3) is 5.91 Å². The normalized spacial score (nSPS) is 12.5. The average Bonchev–Trinajstić information content (AvgIpc) is 2.90. The number of amidine groups is 1. The first-order valence-electron chi connectivity index (χ1n) is 11.3. The highest BCUT2D eigenvalue weighted by atomic mass is 16.5. The maximum absolute atomic E-state index is 13.2. The van der Waals surface area contributed by atoms with Crippen LogP contribution in [0.3, 0.4) is 0 Å². The van der Waals surface area contributed by atoms with Gasteiger partial charge >= 0.3 is 5.97 Å². The molecule has 0 radical (unpaired) electrons. The molecule has 4 aromatic carbocycles. The van der Waals surface area contributed by atoms with Crippen LogP contribution in [0.2, 0.25) is 0 Å². The second-order valence-corrected chi connectivity index (χ2v) is 8.37. The van der Waals surface area contributed by atoms with Gasteiger partial charge in [0.2, 0.25) is 0 Å². The quantitative estimate of drug-likeness (QED) is 0.200. The van der Waals surface area contributed by atoms with E-state index in [2.05, 4.69) is 5.32 Å². The van der Waals surface area contributed by atoms with Crippen LogP contribution in [0.4, 0.5) is 0 Å². The van der Waals surface area contributed by atoms with Gasteiger partial charge in [-0.3, -0.25) is 15.0 Å². The molecule has 2 atom stereocenters. The van der Waals surface area contributed by atoms with Gasteiger partial charge in [0.1, 0.15) is 5.84 Å². The van der Waals surface area contributed by atoms with Gasteiger partial charge in [-0.15, -0.1) is 0 Å². The van der Waals surface area contributed by atoms with Gasteiger partial charge in [-0.05, 0) is 52.6 Å². The van der Waals surface area contributed by atoms with E-state index in [0.29, 0.717) is 17.5 Å². The van der Waals surface area contributed by atoms with Crippen molar-refractivity contribution < 1.29 is 14.3 Å². The minimum Gasteiger partial charge on any atom is -0.469 e. The summed E-state index contributed by atoms with van der Waals surface area (Å²) in [4.78, 5) is 26.3. The third-order valence-electron chi connectivity index (χ3n) is 6.06. The van der Waals surface area contributed by atoms with Gasteiger partial charge in [-0.2, -0.15) is 0 Å². The summed E-state index contributed by atoms with van der Waals surface area (Å²) in [5.74, 6) is -1.49. The van der Waals surface area contributed by atoms with Crippen molar-refractivity contribution in [2.75, 3.05) is 7.11 Å². The number of nitrogens with one attached hydrogen (secondary N) is 2. The van der Waals surface area contributed by atoms with Crippen molar-refractivity contribution in [2.24, 2.45) is 11.7 Å². The van der Waals surface area contributed by atoms with Crippen molar-refractivity contribution in [2.45, 2.75) is 12.5 Å². The van der Waals surface area contributed by atoms with Gasteiger partial charge in [0.05, 0.1) is 19.1 Å². The molecule has 1 amide bonds. The molecule has 4 N–H and O–H groups in total. The first-order chi connectivity index (χ1) is 17.0. The maximum Gasteiger partial charge on any atom is 0.311 e. The first-order valence-corrected chi connectivity index (χ1v) is 11.3. The van der Waals surface area contributed by atoms with Crippen LogP contribution in [0.15, 0.2) is 97.1 Å². The topological polar surface area (TPSA) is 105 Å². The fourth-order valence-corrected chi connectivity index (χ4v) is 4.24. The second-order valence-electron chi connectivity index (χ2n) is 8.37. The molecular formula is C29H27N3O3. The zero-order chi connectivity index (χ0) is 24.8. The van der Waals surface area contributed by atoms with Crippen LogP contribution in [-0.4, -0.2) is 24.8 Å². The number of rotatable bonds is 8. The van der Waals surface area contributed by atoms with E-state index in [9.17, 15) is 9.59 Å². The molecule has 2 unspecified atom stereocenters. The number of fused-ring (bicyclic) bond motifs is 1. The zero-order valence-electron chi connectivity index (χ0n) is 19.4. The lowest BCUT2D eigenvalue weighted by Crippen LogP contribution is -2.38. The predicted molar refractivity (Wildman–Crippen MR) is 137 cm³/mol. The largest absolute Gasteiger partial charge is 0.469 e. The van der Waals surface area contributed by atoms with Crippen molar-refractivity contribution in [3.05, 3.63) is 119 Å². The summed E-state index contributed by atoms with van der Waals surface area (Å²) in [6.45, 7) is 0. The van der Waals surface area contributed by atoms with E-state index in [1.54, 1.807) is 42.5 Å². The van der Waals surface area contributed by atoms with E-state index in [1.807, 2.05) is 54.6 Å². The molecule has 35 heavy (non-hydrogen) atoms. The average molecular weight is 466 g/mol. The smallest absolute Gasteiger partial charge is 0.311 e. The van der Waals surface area contributed by atoms with Gasteiger partial charge in [0.15, 0.2) is 0 Å². The molecule has 0 fully saturated rings. The Hall–Kier alpha value is -4.45. The number of methoxy groups -OCH3 is 1. The number of amides is 1. The molecule has 176 valence electrons. The summed E-state index contributed by atoms with van der Waals surface area (Å²) in [5.41, 5.74) is 8.35. The number of carbonyl (C=O) groups excluding carboxylic acids is 2. The highest BCUT2D eigenvalue weighted by molar-refractivity contribution is 5.95. The number of benzene rings is 4. The van der Waals surface area contributed by atoms with Gasteiger partial charge in [-0.1, -0.05) is 72.8 Å². The molecular weight excluding hydrogens is 438 g/mol.